The highest BCUT2D eigenvalue weighted by Crippen LogP contribution is 2.28. The number of anilines is 1. The van der Waals surface area contributed by atoms with Crippen molar-refractivity contribution in [3.63, 3.8) is 0 Å². The molecule has 0 aliphatic carbocycles. The summed E-state index contributed by atoms with van der Waals surface area (Å²) in [5.41, 5.74) is -0.461. The van der Waals surface area contributed by atoms with Gasteiger partial charge in [-0.15, -0.1) is 0 Å². The van der Waals surface area contributed by atoms with Gasteiger partial charge in [0.05, 0.1) is 5.54 Å². The largest absolute Gasteiger partial charge is 0.335 e. The summed E-state index contributed by atoms with van der Waals surface area (Å²) in [5.74, 6) is -0.391. The van der Waals surface area contributed by atoms with Crippen LogP contribution in [0.15, 0.2) is 12.3 Å². The molecule has 0 radical (unpaired) electrons. The Balaban J connectivity index is 2.47. The molecule has 0 aromatic carbocycles. The van der Waals surface area contributed by atoms with Gasteiger partial charge in [0.1, 0.15) is 0 Å². The molecule has 2 rings (SSSR count). The molecule has 86 valence electrons. The van der Waals surface area contributed by atoms with E-state index < -0.39 is 11.4 Å². The van der Waals surface area contributed by atoms with Gasteiger partial charge in [0, 0.05) is 16.3 Å². The Morgan fingerprint density at radius 3 is 2.81 bits per heavy atom. The Morgan fingerprint density at radius 2 is 2.31 bits per heavy atom. The molecule has 1 N–H and O–H groups in total. The van der Waals surface area contributed by atoms with E-state index in [1.807, 2.05) is 36.4 Å². The van der Waals surface area contributed by atoms with E-state index in [4.69, 9.17) is 0 Å². The molecule has 0 saturated carbocycles. The molecule has 1 aliphatic heterocycles. The Hall–Kier alpha value is -0.920. The summed E-state index contributed by atoms with van der Waals surface area (Å²) in [6.07, 6.45) is 1.54. The van der Waals surface area contributed by atoms with Crippen molar-refractivity contribution < 1.29 is 9.18 Å². The van der Waals surface area contributed by atoms with E-state index in [2.05, 4.69) is 10.3 Å². The van der Waals surface area contributed by atoms with Crippen molar-refractivity contribution in [3.8, 4) is 0 Å². The SMILES string of the molecule is CC1(C)CNC(=O)N1c1ncc(I)cc1F. The van der Waals surface area contributed by atoms with Gasteiger partial charge < -0.3 is 5.32 Å². The number of amides is 2. The van der Waals surface area contributed by atoms with Crippen LogP contribution in [-0.4, -0.2) is 23.1 Å². The smallest absolute Gasteiger partial charge is 0.323 e. The van der Waals surface area contributed by atoms with Gasteiger partial charge in [0.15, 0.2) is 11.6 Å². The normalized spacial score (nSPS) is 18.8. The first kappa shape index (κ1) is 11.6. The number of carbonyl (C=O) groups excluding carboxylic acids is 1. The average molecular weight is 335 g/mol. The predicted octanol–water partition coefficient (Wildman–Crippen LogP) is 2.13. The van der Waals surface area contributed by atoms with Gasteiger partial charge in [-0.3, -0.25) is 4.90 Å². The Labute approximate surface area is 106 Å². The lowest BCUT2D eigenvalue weighted by Crippen LogP contribution is -2.43. The molecule has 2 amide bonds. The molecule has 0 bridgehead atoms. The fraction of sp³-hybridized carbons (Fsp3) is 0.400. The third kappa shape index (κ3) is 1.85. The monoisotopic (exact) mass is 335 g/mol. The van der Waals surface area contributed by atoms with Crippen molar-refractivity contribution in [2.24, 2.45) is 0 Å². The predicted molar refractivity (Wildman–Crippen MR) is 66.9 cm³/mol. The van der Waals surface area contributed by atoms with Crippen molar-refractivity contribution in [2.75, 3.05) is 11.4 Å². The topological polar surface area (TPSA) is 45.2 Å². The molecule has 0 unspecified atom stereocenters. The van der Waals surface area contributed by atoms with E-state index in [1.165, 1.54) is 11.0 Å². The van der Waals surface area contributed by atoms with Crippen LogP contribution >= 0.6 is 22.6 Å². The van der Waals surface area contributed by atoms with Crippen LogP contribution < -0.4 is 10.2 Å². The summed E-state index contributed by atoms with van der Waals surface area (Å²) in [6, 6.07) is 1.06. The first-order chi connectivity index (χ1) is 7.42. The fourth-order valence-electron chi connectivity index (χ4n) is 1.68. The fourth-order valence-corrected chi connectivity index (χ4v) is 2.09. The van der Waals surface area contributed by atoms with Crippen LogP contribution in [-0.2, 0) is 0 Å². The van der Waals surface area contributed by atoms with Crippen LogP contribution in [0.5, 0.6) is 0 Å². The van der Waals surface area contributed by atoms with Gasteiger partial charge in [-0.25, -0.2) is 14.2 Å². The van der Waals surface area contributed by atoms with E-state index >= 15 is 0 Å². The zero-order chi connectivity index (χ0) is 11.9. The summed E-state index contributed by atoms with van der Waals surface area (Å²) >= 11 is 1.98. The molecule has 16 heavy (non-hydrogen) atoms. The molecular formula is C10H11FIN3O. The number of urea groups is 1. The number of hydrogen-bond donors (Lipinski definition) is 1. The molecule has 1 aromatic heterocycles. The maximum atomic E-state index is 13.7. The number of rotatable bonds is 1. The first-order valence-electron chi connectivity index (χ1n) is 4.81. The highest BCUT2D eigenvalue weighted by Gasteiger charge is 2.40. The second-order valence-corrected chi connectivity index (χ2v) is 5.51. The third-order valence-corrected chi connectivity index (χ3v) is 3.07. The van der Waals surface area contributed by atoms with Gasteiger partial charge >= 0.3 is 6.03 Å². The molecule has 2 heterocycles. The lowest BCUT2D eigenvalue weighted by Gasteiger charge is -2.28. The summed E-state index contributed by atoms with van der Waals surface area (Å²) in [7, 11) is 0. The van der Waals surface area contributed by atoms with Gasteiger partial charge in [-0.2, -0.15) is 0 Å². The Kier molecular flexibility index (Phi) is 2.77. The van der Waals surface area contributed by atoms with Gasteiger partial charge in [-0.1, -0.05) is 0 Å². The van der Waals surface area contributed by atoms with Crippen molar-refractivity contribution in [3.05, 3.63) is 21.7 Å². The molecule has 0 spiro atoms. The molecule has 4 nitrogen and oxygen atoms in total. The Bertz CT molecular complexity index is 450. The first-order valence-corrected chi connectivity index (χ1v) is 5.89. The standard InChI is InChI=1S/C10H11FIN3O/c1-10(2)5-14-9(16)15(10)8-7(11)3-6(12)4-13-8/h3-4H,5H2,1-2H3,(H,14,16). The zero-order valence-corrected chi connectivity index (χ0v) is 11.1. The highest BCUT2D eigenvalue weighted by atomic mass is 127. The van der Waals surface area contributed by atoms with E-state index in [-0.39, 0.29) is 11.8 Å². The summed E-state index contributed by atoms with van der Waals surface area (Å²) in [4.78, 5) is 17.0. The lowest BCUT2D eigenvalue weighted by atomic mass is 10.1. The molecular weight excluding hydrogens is 324 g/mol. The minimum absolute atomic E-state index is 0.0837. The van der Waals surface area contributed by atoms with Crippen LogP contribution in [0.4, 0.5) is 15.0 Å². The second-order valence-electron chi connectivity index (χ2n) is 4.27. The van der Waals surface area contributed by atoms with Crippen molar-refractivity contribution in [2.45, 2.75) is 19.4 Å². The van der Waals surface area contributed by atoms with Crippen molar-refractivity contribution in [1.82, 2.24) is 10.3 Å². The van der Waals surface area contributed by atoms with E-state index in [1.54, 1.807) is 6.20 Å². The maximum absolute atomic E-state index is 13.7. The van der Waals surface area contributed by atoms with E-state index in [0.717, 1.165) is 0 Å². The zero-order valence-electron chi connectivity index (χ0n) is 8.92. The van der Waals surface area contributed by atoms with Crippen LogP contribution in [0, 0.1) is 9.39 Å². The molecule has 1 saturated heterocycles. The molecule has 1 aromatic rings. The third-order valence-electron chi connectivity index (χ3n) is 2.48. The highest BCUT2D eigenvalue weighted by molar-refractivity contribution is 14.1. The minimum Gasteiger partial charge on any atom is -0.335 e. The molecule has 1 fully saturated rings. The number of nitrogens with zero attached hydrogens (tertiary/aromatic N) is 2. The van der Waals surface area contributed by atoms with Crippen LogP contribution in [0.3, 0.4) is 0 Å². The average Bonchev–Trinajstić information content (AvgIpc) is 2.43. The molecule has 6 heteroatoms. The van der Waals surface area contributed by atoms with Gasteiger partial charge in [-0.05, 0) is 42.5 Å². The Morgan fingerprint density at radius 1 is 1.62 bits per heavy atom. The van der Waals surface area contributed by atoms with Crippen LogP contribution in [0.25, 0.3) is 0 Å². The number of carbonyl (C=O) groups is 1. The van der Waals surface area contributed by atoms with Crippen LogP contribution in [0.1, 0.15) is 13.8 Å². The minimum atomic E-state index is -0.475. The number of pyridine rings is 1. The van der Waals surface area contributed by atoms with Crippen molar-refractivity contribution >= 4 is 34.4 Å². The number of nitrogens with one attached hydrogen (secondary N) is 1. The number of aromatic nitrogens is 1. The van der Waals surface area contributed by atoms with E-state index in [0.29, 0.717) is 10.1 Å². The van der Waals surface area contributed by atoms with Gasteiger partial charge in [0.2, 0.25) is 0 Å². The lowest BCUT2D eigenvalue weighted by molar-refractivity contribution is 0.250. The van der Waals surface area contributed by atoms with Crippen LogP contribution in [0.2, 0.25) is 0 Å². The summed E-state index contributed by atoms with van der Waals surface area (Å²) in [5, 5.41) is 2.68. The van der Waals surface area contributed by atoms with Crippen molar-refractivity contribution in [1.29, 1.82) is 0 Å². The molecule has 0 atom stereocenters. The number of halogens is 2. The maximum Gasteiger partial charge on any atom is 0.323 e. The summed E-state index contributed by atoms with van der Waals surface area (Å²) < 4.78 is 14.4. The van der Waals surface area contributed by atoms with Gasteiger partial charge in [0.25, 0.3) is 0 Å². The van der Waals surface area contributed by atoms with E-state index in [9.17, 15) is 9.18 Å². The number of hydrogen-bond acceptors (Lipinski definition) is 2. The second kappa shape index (κ2) is 3.83. The molecule has 1 aliphatic rings. The quantitative estimate of drug-likeness (QED) is 0.800. The summed E-state index contributed by atoms with van der Waals surface area (Å²) in [6.45, 7) is 4.22.